The highest BCUT2D eigenvalue weighted by Gasteiger charge is 2.21. The molecule has 2 heterocycles. The molecule has 128 valence electrons. The zero-order valence-electron chi connectivity index (χ0n) is 14.7. The van der Waals surface area contributed by atoms with Crippen molar-refractivity contribution in [1.29, 1.82) is 0 Å². The number of hydrogen-bond donors (Lipinski definition) is 1. The summed E-state index contributed by atoms with van der Waals surface area (Å²) in [6, 6.07) is 10.4. The smallest absolute Gasteiger partial charge is 0.251 e. The van der Waals surface area contributed by atoms with Crippen LogP contribution in [0.25, 0.3) is 0 Å². The minimum Gasteiger partial charge on any atom is -0.350 e. The lowest BCUT2D eigenvalue weighted by molar-refractivity contribution is 0.0943. The van der Waals surface area contributed by atoms with Gasteiger partial charge in [0.15, 0.2) is 0 Å². The first kappa shape index (κ1) is 16.7. The molecule has 1 N–H and O–H groups in total. The standard InChI is InChI=1S/C19H26N4O/c1-14-11-15(2)23(21-14)13-16-6-8-17(9-7-16)19(24)20-12-18-5-4-10-22(18)3/h6-9,11,18H,4-5,10,12-13H2,1-3H3,(H,20,24). The zero-order valence-corrected chi connectivity index (χ0v) is 14.7. The van der Waals surface area contributed by atoms with E-state index in [1.165, 1.54) is 12.8 Å². The van der Waals surface area contributed by atoms with E-state index in [1.807, 2.05) is 35.9 Å². The van der Waals surface area contributed by atoms with Crippen LogP contribution in [0.1, 0.15) is 40.2 Å². The number of amides is 1. The second-order valence-electron chi connectivity index (χ2n) is 6.77. The molecular weight excluding hydrogens is 300 g/mol. The Kier molecular flexibility index (Phi) is 5.00. The number of carbonyl (C=O) groups excluding carboxylic acids is 1. The van der Waals surface area contributed by atoms with Crippen molar-refractivity contribution in [2.24, 2.45) is 0 Å². The summed E-state index contributed by atoms with van der Waals surface area (Å²) in [6.45, 7) is 6.64. The van der Waals surface area contributed by atoms with Crippen molar-refractivity contribution in [2.45, 2.75) is 39.3 Å². The summed E-state index contributed by atoms with van der Waals surface area (Å²) in [5, 5.41) is 7.53. The molecule has 0 spiro atoms. The van der Waals surface area contributed by atoms with Crippen molar-refractivity contribution >= 4 is 5.91 Å². The fourth-order valence-corrected chi connectivity index (χ4v) is 3.32. The van der Waals surface area contributed by atoms with Gasteiger partial charge in [0, 0.05) is 23.8 Å². The molecule has 5 nitrogen and oxygen atoms in total. The van der Waals surface area contributed by atoms with Crippen molar-refractivity contribution < 1.29 is 4.79 Å². The second kappa shape index (κ2) is 7.18. The van der Waals surface area contributed by atoms with Crippen molar-refractivity contribution in [3.63, 3.8) is 0 Å². The van der Waals surface area contributed by atoms with Crippen LogP contribution in [0.15, 0.2) is 30.3 Å². The number of rotatable bonds is 5. The molecule has 1 aliphatic rings. The summed E-state index contributed by atoms with van der Waals surface area (Å²) in [7, 11) is 2.12. The van der Waals surface area contributed by atoms with Crippen molar-refractivity contribution in [3.05, 3.63) is 52.8 Å². The highest BCUT2D eigenvalue weighted by Crippen LogP contribution is 2.14. The monoisotopic (exact) mass is 326 g/mol. The van der Waals surface area contributed by atoms with Gasteiger partial charge in [0.25, 0.3) is 5.91 Å². The quantitative estimate of drug-likeness (QED) is 0.918. The number of nitrogens with zero attached hydrogens (tertiary/aromatic N) is 3. The number of benzene rings is 1. The Morgan fingerprint density at radius 1 is 1.29 bits per heavy atom. The van der Waals surface area contributed by atoms with E-state index in [9.17, 15) is 4.79 Å². The number of carbonyl (C=O) groups is 1. The van der Waals surface area contributed by atoms with Gasteiger partial charge in [-0.1, -0.05) is 12.1 Å². The van der Waals surface area contributed by atoms with E-state index < -0.39 is 0 Å². The predicted octanol–water partition coefficient (Wildman–Crippen LogP) is 2.37. The molecule has 0 radical (unpaired) electrons. The van der Waals surface area contributed by atoms with Crippen molar-refractivity contribution in [3.8, 4) is 0 Å². The van der Waals surface area contributed by atoms with E-state index in [1.54, 1.807) is 0 Å². The van der Waals surface area contributed by atoms with Gasteiger partial charge in [-0.3, -0.25) is 9.48 Å². The van der Waals surface area contributed by atoms with Crippen LogP contribution in [0, 0.1) is 13.8 Å². The molecule has 1 fully saturated rings. The number of aryl methyl sites for hydroxylation is 2. The molecule has 0 bridgehead atoms. The van der Waals surface area contributed by atoms with Crippen LogP contribution < -0.4 is 5.32 Å². The summed E-state index contributed by atoms with van der Waals surface area (Å²) >= 11 is 0. The number of likely N-dealkylation sites (N-methyl/N-ethyl adjacent to an activating group) is 1. The molecular formula is C19H26N4O. The maximum Gasteiger partial charge on any atom is 0.251 e. The van der Waals surface area contributed by atoms with Gasteiger partial charge in [-0.15, -0.1) is 0 Å². The Balaban J connectivity index is 1.57. The molecule has 1 aromatic carbocycles. The van der Waals surface area contributed by atoms with Gasteiger partial charge in [-0.25, -0.2) is 0 Å². The fourth-order valence-electron chi connectivity index (χ4n) is 3.32. The van der Waals surface area contributed by atoms with Gasteiger partial charge in [0.05, 0.1) is 12.2 Å². The van der Waals surface area contributed by atoms with E-state index in [2.05, 4.69) is 35.4 Å². The molecule has 1 aromatic heterocycles. The van der Waals surface area contributed by atoms with Crippen molar-refractivity contribution in [2.75, 3.05) is 20.1 Å². The lowest BCUT2D eigenvalue weighted by Crippen LogP contribution is -2.38. The first-order chi connectivity index (χ1) is 11.5. The molecule has 3 rings (SSSR count). The molecule has 2 aromatic rings. The van der Waals surface area contributed by atoms with E-state index in [4.69, 9.17) is 0 Å². The van der Waals surface area contributed by atoms with Crippen LogP contribution >= 0.6 is 0 Å². The normalized spacial score (nSPS) is 18.0. The lowest BCUT2D eigenvalue weighted by atomic mass is 10.1. The number of hydrogen-bond acceptors (Lipinski definition) is 3. The number of likely N-dealkylation sites (tertiary alicyclic amines) is 1. The van der Waals surface area contributed by atoms with E-state index in [0.717, 1.165) is 36.6 Å². The maximum atomic E-state index is 12.3. The van der Waals surface area contributed by atoms with E-state index in [-0.39, 0.29) is 5.91 Å². The summed E-state index contributed by atoms with van der Waals surface area (Å²) in [4.78, 5) is 14.6. The third-order valence-electron chi connectivity index (χ3n) is 4.82. The Labute approximate surface area is 143 Å². The topological polar surface area (TPSA) is 50.2 Å². The third kappa shape index (κ3) is 3.85. The van der Waals surface area contributed by atoms with Crippen LogP contribution in [0.5, 0.6) is 0 Å². The van der Waals surface area contributed by atoms with Crippen LogP contribution in [0.3, 0.4) is 0 Å². The summed E-state index contributed by atoms with van der Waals surface area (Å²) in [6.07, 6.45) is 2.39. The number of aromatic nitrogens is 2. The van der Waals surface area contributed by atoms with Gasteiger partial charge in [-0.2, -0.15) is 5.10 Å². The number of nitrogens with one attached hydrogen (secondary N) is 1. The van der Waals surface area contributed by atoms with E-state index >= 15 is 0 Å². The molecule has 0 saturated carbocycles. The van der Waals surface area contributed by atoms with E-state index in [0.29, 0.717) is 11.6 Å². The molecule has 5 heteroatoms. The molecule has 1 saturated heterocycles. The Bertz CT molecular complexity index is 705. The van der Waals surface area contributed by atoms with Gasteiger partial charge < -0.3 is 10.2 Å². The van der Waals surface area contributed by atoms with Crippen LogP contribution in [0.2, 0.25) is 0 Å². The molecule has 1 atom stereocenters. The van der Waals surface area contributed by atoms with Gasteiger partial charge >= 0.3 is 0 Å². The van der Waals surface area contributed by atoms with Gasteiger partial charge in [-0.05, 0) is 64.0 Å². The molecule has 1 unspecified atom stereocenters. The van der Waals surface area contributed by atoms with Crippen LogP contribution in [-0.4, -0.2) is 46.8 Å². The maximum absolute atomic E-state index is 12.3. The first-order valence-electron chi connectivity index (χ1n) is 8.61. The SMILES string of the molecule is Cc1cc(C)n(Cc2ccc(C(=O)NCC3CCCN3C)cc2)n1. The molecule has 0 aliphatic carbocycles. The van der Waals surface area contributed by atoms with Crippen LogP contribution in [0.4, 0.5) is 0 Å². The highest BCUT2D eigenvalue weighted by atomic mass is 16.1. The largest absolute Gasteiger partial charge is 0.350 e. The zero-order chi connectivity index (χ0) is 17.1. The molecule has 1 aliphatic heterocycles. The average Bonchev–Trinajstić information content (AvgIpc) is 3.11. The lowest BCUT2D eigenvalue weighted by Gasteiger charge is -2.19. The van der Waals surface area contributed by atoms with Gasteiger partial charge in [0.1, 0.15) is 0 Å². The third-order valence-corrected chi connectivity index (χ3v) is 4.82. The Morgan fingerprint density at radius 3 is 2.62 bits per heavy atom. The second-order valence-corrected chi connectivity index (χ2v) is 6.77. The summed E-state index contributed by atoms with van der Waals surface area (Å²) in [5.41, 5.74) is 4.04. The summed E-state index contributed by atoms with van der Waals surface area (Å²) in [5.74, 6) is 0.00737. The van der Waals surface area contributed by atoms with Crippen molar-refractivity contribution in [1.82, 2.24) is 20.0 Å². The Hall–Kier alpha value is -2.14. The minimum atomic E-state index is 0.00737. The Morgan fingerprint density at radius 2 is 2.04 bits per heavy atom. The molecule has 24 heavy (non-hydrogen) atoms. The first-order valence-corrected chi connectivity index (χ1v) is 8.61. The highest BCUT2D eigenvalue weighted by molar-refractivity contribution is 5.94. The van der Waals surface area contributed by atoms with Crippen LogP contribution in [-0.2, 0) is 6.54 Å². The average molecular weight is 326 g/mol. The minimum absolute atomic E-state index is 0.00737. The molecule has 1 amide bonds. The fraction of sp³-hybridized carbons (Fsp3) is 0.474. The predicted molar refractivity (Wildman–Crippen MR) is 95.2 cm³/mol. The van der Waals surface area contributed by atoms with Gasteiger partial charge in [0.2, 0.25) is 0 Å². The summed E-state index contributed by atoms with van der Waals surface area (Å²) < 4.78 is 1.99.